The molecule has 0 aliphatic carbocycles. The van der Waals surface area contributed by atoms with Crippen LogP contribution in [0.2, 0.25) is 10.0 Å². The third-order valence-electron chi connectivity index (χ3n) is 5.32. The van der Waals surface area contributed by atoms with Crippen LogP contribution < -0.4 is 5.32 Å². The van der Waals surface area contributed by atoms with Crippen molar-refractivity contribution in [3.05, 3.63) is 92.2 Å². The van der Waals surface area contributed by atoms with Gasteiger partial charge in [-0.25, -0.2) is 14.0 Å². The van der Waals surface area contributed by atoms with Crippen LogP contribution in [0.15, 0.2) is 71.1 Å². The Morgan fingerprint density at radius 2 is 1.69 bits per heavy atom. The Bertz CT molecular complexity index is 1190. The van der Waals surface area contributed by atoms with Gasteiger partial charge in [-0.1, -0.05) is 100 Å². The van der Waals surface area contributed by atoms with E-state index in [0.717, 1.165) is 7.11 Å². The fourth-order valence-corrected chi connectivity index (χ4v) is 4.73. The summed E-state index contributed by atoms with van der Waals surface area (Å²) in [5.41, 5.74) is 0.598. The quantitative estimate of drug-likeness (QED) is 0.294. The maximum atomic E-state index is 14.0. The van der Waals surface area contributed by atoms with E-state index in [1.54, 1.807) is 42.5 Å². The highest BCUT2D eigenvalue weighted by molar-refractivity contribution is 6.68. The number of dihydropyridines is 1. The summed E-state index contributed by atoms with van der Waals surface area (Å²) >= 11 is 31.1. The summed E-state index contributed by atoms with van der Waals surface area (Å²) in [6, 6.07) is 13.1. The average molecular weight is 582 g/mol. The number of rotatable bonds is 6. The number of carbonyl (C=O) groups is 2. The van der Waals surface area contributed by atoms with Crippen LogP contribution in [0, 0.1) is 0 Å². The van der Waals surface area contributed by atoms with Gasteiger partial charge in [0.2, 0.25) is 3.79 Å². The molecule has 5 nitrogen and oxygen atoms in total. The highest BCUT2D eigenvalue weighted by atomic mass is 35.6. The van der Waals surface area contributed by atoms with Crippen LogP contribution in [-0.4, -0.2) is 29.5 Å². The Balaban J connectivity index is 2.18. The van der Waals surface area contributed by atoms with Gasteiger partial charge in [-0.15, -0.1) is 0 Å². The molecule has 1 N–H and O–H groups in total. The van der Waals surface area contributed by atoms with Crippen LogP contribution in [0.4, 0.5) is 4.39 Å². The molecule has 3 rings (SSSR count). The summed E-state index contributed by atoms with van der Waals surface area (Å²) in [5.74, 6) is -2.97. The van der Waals surface area contributed by atoms with Crippen LogP contribution >= 0.6 is 58.0 Å². The van der Waals surface area contributed by atoms with Gasteiger partial charge in [0.25, 0.3) is 0 Å². The standard InChI is InChI=1S/C24H19Cl5FNO4/c1-12-17(23(33)35-21(24(27,28)29)13-7-4-3-5-8-13)18(14-9-6-10-15(25)20(14)26)19(22(32)34-2)16(11-30)31-12/h3-10,18,21,31H,11H2,1-2H3/t18?,21-/m0/s1. The maximum Gasteiger partial charge on any atom is 0.337 e. The lowest BCUT2D eigenvalue weighted by Crippen LogP contribution is -2.35. The molecule has 2 atom stereocenters. The van der Waals surface area contributed by atoms with Crippen LogP contribution in [0.3, 0.4) is 0 Å². The second kappa shape index (κ2) is 11.4. The predicted molar refractivity (Wildman–Crippen MR) is 136 cm³/mol. The number of hydrogen-bond donors (Lipinski definition) is 1. The molecule has 0 saturated heterocycles. The molecule has 1 unspecified atom stereocenters. The van der Waals surface area contributed by atoms with Crippen molar-refractivity contribution >= 4 is 69.9 Å². The van der Waals surface area contributed by atoms with E-state index in [1.165, 1.54) is 13.0 Å². The van der Waals surface area contributed by atoms with E-state index in [0.29, 0.717) is 5.56 Å². The van der Waals surface area contributed by atoms with Crippen molar-refractivity contribution in [2.75, 3.05) is 13.8 Å². The van der Waals surface area contributed by atoms with Gasteiger partial charge in [0, 0.05) is 5.70 Å². The maximum absolute atomic E-state index is 14.0. The Hall–Kier alpha value is -1.96. The van der Waals surface area contributed by atoms with Gasteiger partial charge in [0.15, 0.2) is 6.10 Å². The molecule has 2 aromatic rings. The number of esters is 2. The van der Waals surface area contributed by atoms with E-state index < -0.39 is 34.4 Å². The SMILES string of the molecule is COC(=O)C1=C(CF)NC(C)=C(C(=O)O[C@@H](c2ccccc2)C(Cl)(Cl)Cl)C1c1cccc(Cl)c1Cl. The minimum absolute atomic E-state index is 0.0538. The number of hydrogen-bond acceptors (Lipinski definition) is 5. The molecule has 0 saturated carbocycles. The number of ether oxygens (including phenoxy) is 2. The minimum Gasteiger partial charge on any atom is -0.466 e. The summed E-state index contributed by atoms with van der Waals surface area (Å²) in [4.78, 5) is 26.4. The fourth-order valence-electron chi connectivity index (χ4n) is 3.80. The van der Waals surface area contributed by atoms with Gasteiger partial charge in [0.05, 0.1) is 39.9 Å². The molecule has 0 spiro atoms. The number of allylic oxidation sites excluding steroid dienone is 2. The molecule has 1 aliphatic heterocycles. The van der Waals surface area contributed by atoms with Crippen molar-refractivity contribution in [1.82, 2.24) is 5.32 Å². The van der Waals surface area contributed by atoms with E-state index in [2.05, 4.69) is 5.32 Å². The Morgan fingerprint density at radius 1 is 1.03 bits per heavy atom. The van der Waals surface area contributed by atoms with Crippen LogP contribution in [0.5, 0.6) is 0 Å². The molecule has 11 heteroatoms. The van der Waals surface area contributed by atoms with Crippen LogP contribution in [0.1, 0.15) is 30.1 Å². The van der Waals surface area contributed by atoms with Crippen molar-refractivity contribution in [2.45, 2.75) is 22.7 Å². The smallest absolute Gasteiger partial charge is 0.337 e. The van der Waals surface area contributed by atoms with Gasteiger partial charge in [-0.05, 0) is 24.1 Å². The normalized spacial score (nSPS) is 17.1. The highest BCUT2D eigenvalue weighted by Crippen LogP contribution is 2.46. The van der Waals surface area contributed by atoms with Crippen molar-refractivity contribution < 1.29 is 23.5 Å². The van der Waals surface area contributed by atoms with Crippen molar-refractivity contribution in [1.29, 1.82) is 0 Å². The number of nitrogens with one attached hydrogen (secondary N) is 1. The lowest BCUT2D eigenvalue weighted by Gasteiger charge is -2.33. The lowest BCUT2D eigenvalue weighted by molar-refractivity contribution is -0.145. The molecule has 0 fully saturated rings. The molecule has 0 amide bonds. The first-order valence-electron chi connectivity index (χ1n) is 10.1. The van der Waals surface area contributed by atoms with E-state index in [9.17, 15) is 14.0 Å². The number of alkyl halides is 4. The van der Waals surface area contributed by atoms with Crippen molar-refractivity contribution in [3.63, 3.8) is 0 Å². The predicted octanol–water partition coefficient (Wildman–Crippen LogP) is 7.01. The Morgan fingerprint density at radius 3 is 2.26 bits per heavy atom. The third kappa shape index (κ3) is 5.89. The van der Waals surface area contributed by atoms with Gasteiger partial charge < -0.3 is 14.8 Å². The second-order valence-electron chi connectivity index (χ2n) is 7.49. The van der Waals surface area contributed by atoms with Crippen LogP contribution in [-0.2, 0) is 19.1 Å². The molecule has 186 valence electrons. The topological polar surface area (TPSA) is 64.6 Å². The van der Waals surface area contributed by atoms with Gasteiger partial charge in [0.1, 0.15) is 6.67 Å². The minimum atomic E-state index is -2.03. The average Bonchev–Trinajstić information content (AvgIpc) is 2.82. The molecule has 1 aliphatic rings. The zero-order valence-corrected chi connectivity index (χ0v) is 22.2. The molecular formula is C24H19Cl5FNO4. The number of methoxy groups -OCH3 is 1. The highest BCUT2D eigenvalue weighted by Gasteiger charge is 2.43. The Labute approximate surface area is 226 Å². The van der Waals surface area contributed by atoms with Crippen molar-refractivity contribution in [3.8, 4) is 0 Å². The zero-order chi connectivity index (χ0) is 25.9. The fraction of sp³-hybridized carbons (Fsp3) is 0.250. The first kappa shape index (κ1) is 27.6. The molecule has 0 radical (unpaired) electrons. The first-order chi connectivity index (χ1) is 16.5. The summed E-state index contributed by atoms with van der Waals surface area (Å²) < 4.78 is 22.6. The summed E-state index contributed by atoms with van der Waals surface area (Å²) in [6.07, 6.45) is -1.30. The molecule has 35 heavy (non-hydrogen) atoms. The molecule has 2 aromatic carbocycles. The molecule has 0 bridgehead atoms. The van der Waals surface area contributed by atoms with Crippen molar-refractivity contribution in [2.24, 2.45) is 0 Å². The van der Waals surface area contributed by atoms with E-state index in [4.69, 9.17) is 67.5 Å². The Kier molecular flexibility index (Phi) is 9.00. The summed E-state index contributed by atoms with van der Waals surface area (Å²) in [5, 5.41) is 2.99. The van der Waals surface area contributed by atoms with Gasteiger partial charge >= 0.3 is 11.9 Å². The monoisotopic (exact) mass is 579 g/mol. The molecular weight excluding hydrogens is 563 g/mol. The second-order valence-corrected chi connectivity index (χ2v) is 10.6. The third-order valence-corrected chi connectivity index (χ3v) is 6.75. The lowest BCUT2D eigenvalue weighted by atomic mass is 9.80. The summed E-state index contributed by atoms with van der Waals surface area (Å²) in [6.45, 7) is 0.484. The number of carbonyl (C=O) groups excluding carboxylic acids is 2. The molecule has 0 aromatic heterocycles. The van der Waals surface area contributed by atoms with E-state index in [-0.39, 0.29) is 38.1 Å². The van der Waals surface area contributed by atoms with E-state index >= 15 is 0 Å². The van der Waals surface area contributed by atoms with Gasteiger partial charge in [-0.3, -0.25) is 0 Å². The largest absolute Gasteiger partial charge is 0.466 e. The molecule has 1 heterocycles. The number of halogens is 6. The summed E-state index contributed by atoms with van der Waals surface area (Å²) in [7, 11) is 1.14. The first-order valence-corrected chi connectivity index (χ1v) is 12.0. The number of benzene rings is 2. The van der Waals surface area contributed by atoms with Crippen LogP contribution in [0.25, 0.3) is 0 Å². The van der Waals surface area contributed by atoms with E-state index in [1.807, 2.05) is 0 Å². The zero-order valence-electron chi connectivity index (χ0n) is 18.4. The van der Waals surface area contributed by atoms with Gasteiger partial charge in [-0.2, -0.15) is 0 Å².